The number of rotatable bonds is 7. The zero-order valence-corrected chi connectivity index (χ0v) is 20.8. The van der Waals surface area contributed by atoms with E-state index in [2.05, 4.69) is 39.4 Å². The van der Waals surface area contributed by atoms with Crippen LogP contribution in [0.5, 0.6) is 0 Å². The van der Waals surface area contributed by atoms with Crippen molar-refractivity contribution in [3.8, 4) is 0 Å². The Bertz CT molecular complexity index is 794. The fourth-order valence-corrected chi connectivity index (χ4v) is 4.23. The van der Waals surface area contributed by atoms with Crippen molar-refractivity contribution in [2.45, 2.75) is 45.3 Å². The first-order chi connectivity index (χ1) is 14.1. The van der Waals surface area contributed by atoms with Gasteiger partial charge in [0.2, 0.25) is 0 Å². The van der Waals surface area contributed by atoms with Crippen LogP contribution >= 0.6 is 35.3 Å². The fraction of sp³-hybridized carbons (Fsp3) is 0.500. The molecule has 2 aromatic rings. The van der Waals surface area contributed by atoms with Crippen LogP contribution in [0.15, 0.2) is 40.0 Å². The molecule has 5 nitrogen and oxygen atoms in total. The smallest absolute Gasteiger partial charge is 0.191 e. The molecular formula is C22H32FIN4OS. The standard InChI is InChI=1S/C22H31FN4OS.HI/c1-3-24-22(25-13-16(2)18-8-11-29-15-18)26-14-17-4-5-21(20(23)12-17)27-9-6-19(28)7-10-27;/h4-5,8,11-12,15-16,19,28H,3,6-7,9-10,13-14H2,1-2H3,(H2,24,25,26);1H. The minimum atomic E-state index is -0.262. The molecule has 1 fully saturated rings. The topological polar surface area (TPSA) is 59.9 Å². The molecule has 3 N–H and O–H groups in total. The van der Waals surface area contributed by atoms with E-state index < -0.39 is 0 Å². The van der Waals surface area contributed by atoms with Gasteiger partial charge in [-0.1, -0.05) is 13.0 Å². The summed E-state index contributed by atoms with van der Waals surface area (Å²) < 4.78 is 14.6. The van der Waals surface area contributed by atoms with Gasteiger partial charge in [-0.2, -0.15) is 11.3 Å². The van der Waals surface area contributed by atoms with E-state index in [1.54, 1.807) is 17.4 Å². The third-order valence-electron chi connectivity index (χ3n) is 5.27. The SMILES string of the molecule is CCNC(=NCc1ccc(N2CCC(O)CC2)c(F)c1)NCC(C)c1ccsc1.I. The molecular weight excluding hydrogens is 514 g/mol. The lowest BCUT2D eigenvalue weighted by atomic mass is 10.1. The first kappa shape index (κ1) is 24.9. The number of piperidine rings is 1. The van der Waals surface area contributed by atoms with Crippen LogP contribution in [0.3, 0.4) is 0 Å². The number of aliphatic hydroxyl groups is 1. The maximum atomic E-state index is 14.6. The second-order valence-corrected chi connectivity index (χ2v) is 8.32. The number of nitrogens with one attached hydrogen (secondary N) is 2. The van der Waals surface area contributed by atoms with Crippen LogP contribution in [0.4, 0.5) is 10.1 Å². The number of nitrogens with zero attached hydrogens (tertiary/aromatic N) is 2. The minimum Gasteiger partial charge on any atom is -0.393 e. The molecule has 0 spiro atoms. The summed E-state index contributed by atoms with van der Waals surface area (Å²) in [6, 6.07) is 7.48. The van der Waals surface area contributed by atoms with Crippen molar-refractivity contribution in [3.63, 3.8) is 0 Å². The molecule has 8 heteroatoms. The maximum absolute atomic E-state index is 14.6. The number of halogens is 2. The Hall–Kier alpha value is -1.39. The highest BCUT2D eigenvalue weighted by Gasteiger charge is 2.19. The van der Waals surface area contributed by atoms with Crippen LogP contribution in [0, 0.1) is 5.82 Å². The average Bonchev–Trinajstić information content (AvgIpc) is 3.26. The Labute approximate surface area is 199 Å². The largest absolute Gasteiger partial charge is 0.393 e. The molecule has 166 valence electrons. The first-order valence-corrected chi connectivity index (χ1v) is 11.3. The Balaban J connectivity index is 0.00000320. The van der Waals surface area contributed by atoms with Crippen LogP contribution < -0.4 is 15.5 Å². The highest BCUT2D eigenvalue weighted by molar-refractivity contribution is 14.0. The Morgan fingerprint density at radius 3 is 2.70 bits per heavy atom. The van der Waals surface area contributed by atoms with Crippen LogP contribution in [-0.4, -0.2) is 43.3 Å². The van der Waals surface area contributed by atoms with E-state index in [0.717, 1.165) is 24.6 Å². The molecule has 1 atom stereocenters. The highest BCUT2D eigenvalue weighted by atomic mass is 127. The third kappa shape index (κ3) is 7.09. The highest BCUT2D eigenvalue weighted by Crippen LogP contribution is 2.24. The number of hydrogen-bond donors (Lipinski definition) is 3. The lowest BCUT2D eigenvalue weighted by Crippen LogP contribution is -2.39. The zero-order valence-electron chi connectivity index (χ0n) is 17.6. The van der Waals surface area contributed by atoms with Gasteiger partial charge in [0, 0.05) is 26.2 Å². The summed E-state index contributed by atoms with van der Waals surface area (Å²) in [6.45, 7) is 7.57. The summed E-state index contributed by atoms with van der Waals surface area (Å²) in [6.07, 6.45) is 1.11. The second-order valence-electron chi connectivity index (χ2n) is 7.54. The van der Waals surface area contributed by atoms with Gasteiger partial charge in [-0.05, 0) is 65.8 Å². The molecule has 0 radical (unpaired) electrons. The van der Waals surface area contributed by atoms with E-state index in [1.807, 2.05) is 24.0 Å². The van der Waals surface area contributed by atoms with Crippen molar-refractivity contribution in [1.29, 1.82) is 0 Å². The molecule has 0 bridgehead atoms. The number of hydrogen-bond acceptors (Lipinski definition) is 4. The molecule has 1 unspecified atom stereocenters. The number of thiophene rings is 1. The van der Waals surface area contributed by atoms with Crippen molar-refractivity contribution in [1.82, 2.24) is 10.6 Å². The van der Waals surface area contributed by atoms with Crippen LogP contribution in [0.25, 0.3) is 0 Å². The van der Waals surface area contributed by atoms with Gasteiger partial charge in [0.05, 0.1) is 18.3 Å². The summed E-state index contributed by atoms with van der Waals surface area (Å²) in [5.74, 6) is 0.909. The summed E-state index contributed by atoms with van der Waals surface area (Å²) in [4.78, 5) is 6.62. The summed E-state index contributed by atoms with van der Waals surface area (Å²) in [7, 11) is 0. The van der Waals surface area contributed by atoms with Gasteiger partial charge >= 0.3 is 0 Å². The minimum absolute atomic E-state index is 0. The van der Waals surface area contributed by atoms with Crippen LogP contribution in [0.2, 0.25) is 0 Å². The summed E-state index contributed by atoms with van der Waals surface area (Å²) in [5, 5.41) is 20.5. The van der Waals surface area contributed by atoms with Crippen LogP contribution in [0.1, 0.15) is 43.7 Å². The summed E-state index contributed by atoms with van der Waals surface area (Å²) >= 11 is 1.71. The van der Waals surface area contributed by atoms with Gasteiger partial charge in [0.1, 0.15) is 5.82 Å². The van der Waals surface area contributed by atoms with E-state index in [9.17, 15) is 9.50 Å². The lowest BCUT2D eigenvalue weighted by molar-refractivity contribution is 0.145. The third-order valence-corrected chi connectivity index (χ3v) is 5.97. The first-order valence-electron chi connectivity index (χ1n) is 10.3. The number of aliphatic imine (C=N–C) groups is 1. The van der Waals surface area contributed by atoms with E-state index in [4.69, 9.17) is 0 Å². The van der Waals surface area contributed by atoms with Crippen molar-refractivity contribution < 1.29 is 9.50 Å². The predicted molar refractivity (Wildman–Crippen MR) is 135 cm³/mol. The van der Waals surface area contributed by atoms with Crippen molar-refractivity contribution in [2.24, 2.45) is 4.99 Å². The van der Waals surface area contributed by atoms with E-state index in [1.165, 1.54) is 5.56 Å². The van der Waals surface area contributed by atoms with Crippen LogP contribution in [-0.2, 0) is 6.54 Å². The van der Waals surface area contributed by atoms with Crippen molar-refractivity contribution >= 4 is 47.0 Å². The molecule has 0 saturated carbocycles. The molecule has 1 aliphatic heterocycles. The van der Waals surface area contributed by atoms with Crippen molar-refractivity contribution in [3.05, 3.63) is 52.0 Å². The van der Waals surface area contributed by atoms with Gasteiger partial charge in [0.25, 0.3) is 0 Å². The monoisotopic (exact) mass is 546 g/mol. The van der Waals surface area contributed by atoms with E-state index in [-0.39, 0.29) is 35.9 Å². The molecule has 1 aromatic heterocycles. The number of aliphatic hydroxyl groups excluding tert-OH is 1. The number of guanidine groups is 1. The van der Waals surface area contributed by atoms with Gasteiger partial charge in [-0.25, -0.2) is 9.38 Å². The summed E-state index contributed by atoms with van der Waals surface area (Å²) in [5.41, 5.74) is 2.77. The molecule has 1 saturated heterocycles. The predicted octanol–water partition coefficient (Wildman–Crippen LogP) is 4.33. The van der Waals surface area contributed by atoms with E-state index in [0.29, 0.717) is 44.1 Å². The molecule has 0 amide bonds. The molecule has 1 aliphatic rings. The number of benzene rings is 1. The van der Waals surface area contributed by atoms with Gasteiger partial charge in [0.15, 0.2) is 5.96 Å². The fourth-order valence-electron chi connectivity index (χ4n) is 3.45. The Kier molecular flexibility index (Phi) is 10.3. The van der Waals surface area contributed by atoms with Gasteiger partial charge in [-0.15, -0.1) is 24.0 Å². The molecule has 30 heavy (non-hydrogen) atoms. The normalized spacial score (nSPS) is 16.1. The molecule has 1 aromatic carbocycles. The van der Waals surface area contributed by atoms with E-state index >= 15 is 0 Å². The second kappa shape index (κ2) is 12.5. The zero-order chi connectivity index (χ0) is 20.6. The Morgan fingerprint density at radius 1 is 1.30 bits per heavy atom. The Morgan fingerprint density at radius 2 is 2.07 bits per heavy atom. The molecule has 0 aliphatic carbocycles. The quantitative estimate of drug-likeness (QED) is 0.275. The van der Waals surface area contributed by atoms with Gasteiger partial charge in [-0.3, -0.25) is 0 Å². The average molecular weight is 546 g/mol. The lowest BCUT2D eigenvalue weighted by Gasteiger charge is -2.31. The van der Waals surface area contributed by atoms with Gasteiger partial charge < -0.3 is 20.6 Å². The maximum Gasteiger partial charge on any atom is 0.191 e. The molecule has 2 heterocycles. The molecule has 3 rings (SSSR count). The number of anilines is 1. The van der Waals surface area contributed by atoms with Crippen molar-refractivity contribution in [2.75, 3.05) is 31.1 Å².